The van der Waals surface area contributed by atoms with Gasteiger partial charge >= 0.3 is 6.09 Å². The van der Waals surface area contributed by atoms with E-state index in [0.29, 0.717) is 0 Å². The Morgan fingerprint density at radius 2 is 2.00 bits per heavy atom. The van der Waals surface area contributed by atoms with Crippen LogP contribution in [0.5, 0.6) is 0 Å². The van der Waals surface area contributed by atoms with Crippen LogP contribution in [0.4, 0.5) is 4.79 Å². The number of hydrogen-bond acceptors (Lipinski definition) is 5. The first-order chi connectivity index (χ1) is 9.08. The molecule has 0 radical (unpaired) electrons. The second-order valence-corrected chi connectivity index (χ2v) is 12.0. The van der Waals surface area contributed by atoms with E-state index in [1.807, 2.05) is 0 Å². The highest BCUT2D eigenvalue weighted by Crippen LogP contribution is 2.42. The molecule has 1 amide bonds. The van der Waals surface area contributed by atoms with E-state index < -0.39 is 32.7 Å². The molecule has 2 rings (SSSR count). The van der Waals surface area contributed by atoms with Crippen LogP contribution >= 0.6 is 0 Å². The summed E-state index contributed by atoms with van der Waals surface area (Å²) in [4.78, 5) is 11.3. The number of aliphatic hydroxyl groups is 2. The zero-order valence-corrected chi connectivity index (χ0v) is 13.7. The molecule has 6 nitrogen and oxygen atoms in total. The fourth-order valence-corrected chi connectivity index (χ4v) is 3.97. The fraction of sp³-hybridized carbons (Fsp3) is 0.923. The Balaban J connectivity index is 2.18. The van der Waals surface area contributed by atoms with Gasteiger partial charge in [0.2, 0.25) is 0 Å². The lowest BCUT2D eigenvalue weighted by Crippen LogP contribution is -2.49. The average Bonchev–Trinajstić information content (AvgIpc) is 2.77. The minimum atomic E-state index is -2.07. The van der Waals surface area contributed by atoms with Crippen LogP contribution in [0.15, 0.2) is 0 Å². The zero-order valence-electron chi connectivity index (χ0n) is 12.7. The number of amides is 1. The molecule has 0 spiro atoms. The number of carbonyl (C=O) groups excluding carboxylic acids is 1. The van der Waals surface area contributed by atoms with E-state index in [1.165, 1.54) is 0 Å². The summed E-state index contributed by atoms with van der Waals surface area (Å²) in [6.07, 6.45) is -2.57. The van der Waals surface area contributed by atoms with Crippen LogP contribution in [0.2, 0.25) is 18.1 Å². The Bertz CT molecular complexity index is 395. The van der Waals surface area contributed by atoms with Gasteiger partial charge < -0.3 is 24.7 Å². The molecular weight excluding hydrogens is 278 g/mol. The van der Waals surface area contributed by atoms with Crippen LogP contribution in [0.3, 0.4) is 0 Å². The van der Waals surface area contributed by atoms with Gasteiger partial charge in [-0.1, -0.05) is 20.8 Å². The molecule has 7 heteroatoms. The van der Waals surface area contributed by atoms with E-state index in [-0.39, 0.29) is 23.6 Å². The van der Waals surface area contributed by atoms with Crippen molar-refractivity contribution in [1.29, 1.82) is 0 Å². The van der Waals surface area contributed by atoms with Crippen molar-refractivity contribution in [2.24, 2.45) is 5.92 Å². The van der Waals surface area contributed by atoms with E-state index >= 15 is 0 Å². The molecule has 5 atom stereocenters. The number of alkyl carbamates (subject to hydrolysis) is 1. The molecule has 116 valence electrons. The van der Waals surface area contributed by atoms with Gasteiger partial charge in [-0.05, 0) is 18.1 Å². The third-order valence-electron chi connectivity index (χ3n) is 4.89. The third kappa shape index (κ3) is 2.47. The Morgan fingerprint density at radius 3 is 2.50 bits per heavy atom. The van der Waals surface area contributed by atoms with Gasteiger partial charge in [0.05, 0.1) is 18.8 Å². The number of carbonyl (C=O) groups is 1. The number of fused-ring (bicyclic) bond motifs is 1. The highest BCUT2D eigenvalue weighted by atomic mass is 28.4. The van der Waals surface area contributed by atoms with Gasteiger partial charge in [0, 0.05) is 5.92 Å². The van der Waals surface area contributed by atoms with Crippen molar-refractivity contribution in [2.75, 3.05) is 6.61 Å². The summed E-state index contributed by atoms with van der Waals surface area (Å²) in [6.45, 7) is 10.4. The van der Waals surface area contributed by atoms with Crippen molar-refractivity contribution < 1.29 is 24.2 Å². The van der Waals surface area contributed by atoms with Gasteiger partial charge in [-0.2, -0.15) is 0 Å². The van der Waals surface area contributed by atoms with E-state index in [4.69, 9.17) is 9.16 Å². The molecule has 2 aliphatic rings. The number of hydrogen-bond donors (Lipinski definition) is 3. The Hall–Kier alpha value is -0.633. The van der Waals surface area contributed by atoms with Crippen LogP contribution in [-0.4, -0.2) is 55.6 Å². The van der Waals surface area contributed by atoms with Crippen molar-refractivity contribution in [2.45, 2.75) is 63.3 Å². The Morgan fingerprint density at radius 1 is 1.40 bits per heavy atom. The van der Waals surface area contributed by atoms with Gasteiger partial charge in [0.25, 0.3) is 0 Å². The molecule has 1 saturated carbocycles. The summed E-state index contributed by atoms with van der Waals surface area (Å²) >= 11 is 0. The molecule has 1 heterocycles. The van der Waals surface area contributed by atoms with Gasteiger partial charge in [-0.15, -0.1) is 0 Å². The molecule has 1 saturated heterocycles. The molecule has 0 bridgehead atoms. The predicted octanol–water partition coefficient (Wildman–Crippen LogP) is 0.837. The van der Waals surface area contributed by atoms with E-state index in [0.717, 1.165) is 0 Å². The standard InChI is InChI=1S/C13H25NO5Si/c1-13(2,3)20(4,5)19-10-7(6-15)8-11(9(10)16)18-12(17)14-8/h7-11,15-16H,6H2,1-5H3,(H,14,17)/t7-,8+,9+,10-,11+/m1/s1. The molecule has 0 aromatic carbocycles. The van der Waals surface area contributed by atoms with Crippen LogP contribution < -0.4 is 5.32 Å². The molecule has 3 N–H and O–H groups in total. The number of aliphatic hydroxyl groups excluding tert-OH is 2. The first-order valence-corrected chi connectivity index (χ1v) is 9.93. The van der Waals surface area contributed by atoms with E-state index in [9.17, 15) is 15.0 Å². The number of rotatable bonds is 3. The highest BCUT2D eigenvalue weighted by molar-refractivity contribution is 6.74. The quantitative estimate of drug-likeness (QED) is 0.672. The summed E-state index contributed by atoms with van der Waals surface area (Å²) in [7, 11) is -2.07. The molecule has 1 aliphatic heterocycles. The molecule has 20 heavy (non-hydrogen) atoms. The first-order valence-electron chi connectivity index (χ1n) is 7.02. The normalized spacial score (nSPS) is 37.5. The summed E-state index contributed by atoms with van der Waals surface area (Å²) in [5, 5.41) is 22.6. The van der Waals surface area contributed by atoms with Crippen LogP contribution in [-0.2, 0) is 9.16 Å². The monoisotopic (exact) mass is 303 g/mol. The van der Waals surface area contributed by atoms with Gasteiger partial charge in [0.15, 0.2) is 14.4 Å². The number of nitrogens with one attached hydrogen (secondary N) is 1. The zero-order chi connectivity index (χ0) is 15.3. The van der Waals surface area contributed by atoms with Gasteiger partial charge in [-0.3, -0.25) is 0 Å². The van der Waals surface area contributed by atoms with Crippen molar-refractivity contribution in [3.63, 3.8) is 0 Å². The van der Waals surface area contributed by atoms with Crippen molar-refractivity contribution >= 4 is 14.4 Å². The third-order valence-corrected chi connectivity index (χ3v) is 9.36. The highest BCUT2D eigenvalue weighted by Gasteiger charge is 2.58. The maximum atomic E-state index is 11.3. The lowest BCUT2D eigenvalue weighted by atomic mass is 10.0. The average molecular weight is 303 g/mol. The predicted molar refractivity (Wildman–Crippen MR) is 75.8 cm³/mol. The lowest BCUT2D eigenvalue weighted by Gasteiger charge is -2.40. The van der Waals surface area contributed by atoms with Crippen molar-refractivity contribution in [3.05, 3.63) is 0 Å². The maximum absolute atomic E-state index is 11.3. The molecular formula is C13H25NO5Si. The second kappa shape index (κ2) is 4.98. The maximum Gasteiger partial charge on any atom is 0.407 e. The van der Waals surface area contributed by atoms with Crippen molar-refractivity contribution in [3.8, 4) is 0 Å². The van der Waals surface area contributed by atoms with Gasteiger partial charge in [0.1, 0.15) is 6.10 Å². The Kier molecular flexibility index (Phi) is 3.92. The molecule has 2 fully saturated rings. The van der Waals surface area contributed by atoms with Crippen LogP contribution in [0.25, 0.3) is 0 Å². The van der Waals surface area contributed by atoms with Crippen molar-refractivity contribution in [1.82, 2.24) is 5.32 Å². The second-order valence-electron chi connectivity index (χ2n) is 7.22. The van der Waals surface area contributed by atoms with Crippen LogP contribution in [0, 0.1) is 5.92 Å². The smallest absolute Gasteiger partial charge is 0.407 e. The minimum Gasteiger partial charge on any atom is -0.441 e. The Labute approximate surface area is 120 Å². The largest absolute Gasteiger partial charge is 0.441 e. The summed E-state index contributed by atoms with van der Waals surface area (Å²) < 4.78 is 11.3. The number of ether oxygens (including phenoxy) is 1. The van der Waals surface area contributed by atoms with Gasteiger partial charge in [-0.25, -0.2) is 4.79 Å². The topological polar surface area (TPSA) is 88.0 Å². The molecule has 0 aromatic rings. The SMILES string of the molecule is CC(C)(C)[Si](C)(C)O[C@H]1[C@H](O)[C@H]2OC(=O)N[C@H]2[C@H]1CO. The summed E-state index contributed by atoms with van der Waals surface area (Å²) in [6, 6.07) is -0.378. The summed E-state index contributed by atoms with van der Waals surface area (Å²) in [5.74, 6) is -0.337. The molecule has 1 aliphatic carbocycles. The lowest BCUT2D eigenvalue weighted by molar-refractivity contribution is -0.0253. The van der Waals surface area contributed by atoms with E-state index in [1.54, 1.807) is 0 Å². The minimum absolute atomic E-state index is 0.00846. The fourth-order valence-electron chi connectivity index (χ4n) is 2.62. The summed E-state index contributed by atoms with van der Waals surface area (Å²) in [5.41, 5.74) is 0. The molecule has 0 aromatic heterocycles. The molecule has 0 unspecified atom stereocenters. The first kappa shape index (κ1) is 15.8. The van der Waals surface area contributed by atoms with Crippen LogP contribution in [0.1, 0.15) is 20.8 Å². The van der Waals surface area contributed by atoms with E-state index in [2.05, 4.69) is 39.2 Å².